The molecule has 1 amide bonds. The van der Waals surface area contributed by atoms with Crippen molar-refractivity contribution in [2.45, 2.75) is 19.8 Å². The van der Waals surface area contributed by atoms with E-state index in [0.717, 1.165) is 31.9 Å². The SMILES string of the molecule is C=CCCCN(C)C(=NCCNC(=O)c1ccccc1F)NCC. The van der Waals surface area contributed by atoms with Crippen molar-refractivity contribution >= 4 is 11.9 Å². The number of guanidine groups is 1. The minimum absolute atomic E-state index is 0.0509. The van der Waals surface area contributed by atoms with E-state index in [1.165, 1.54) is 12.1 Å². The van der Waals surface area contributed by atoms with Gasteiger partial charge < -0.3 is 15.5 Å². The summed E-state index contributed by atoms with van der Waals surface area (Å²) in [4.78, 5) is 18.4. The van der Waals surface area contributed by atoms with Crippen molar-refractivity contribution in [1.82, 2.24) is 15.5 Å². The van der Waals surface area contributed by atoms with Crippen LogP contribution in [0, 0.1) is 5.82 Å². The van der Waals surface area contributed by atoms with Crippen LogP contribution in [-0.4, -0.2) is 50.0 Å². The molecule has 0 atom stereocenters. The second-order valence-electron chi connectivity index (χ2n) is 5.32. The fourth-order valence-electron chi connectivity index (χ4n) is 2.12. The Kier molecular flexibility index (Phi) is 9.19. The van der Waals surface area contributed by atoms with Gasteiger partial charge in [-0.15, -0.1) is 6.58 Å². The van der Waals surface area contributed by atoms with E-state index in [-0.39, 0.29) is 5.56 Å². The van der Waals surface area contributed by atoms with Gasteiger partial charge in [-0.1, -0.05) is 18.2 Å². The number of nitrogens with one attached hydrogen (secondary N) is 2. The Hall–Kier alpha value is -2.37. The van der Waals surface area contributed by atoms with Gasteiger partial charge in [0.05, 0.1) is 12.1 Å². The molecule has 132 valence electrons. The Morgan fingerprint density at radius 3 is 2.79 bits per heavy atom. The van der Waals surface area contributed by atoms with Crippen molar-refractivity contribution in [3.05, 3.63) is 48.3 Å². The van der Waals surface area contributed by atoms with Gasteiger partial charge in [0.15, 0.2) is 5.96 Å². The third-order valence-electron chi connectivity index (χ3n) is 3.38. The average molecular weight is 334 g/mol. The van der Waals surface area contributed by atoms with Crippen molar-refractivity contribution in [1.29, 1.82) is 0 Å². The molecule has 0 saturated heterocycles. The molecule has 1 rings (SSSR count). The molecule has 5 nitrogen and oxygen atoms in total. The monoisotopic (exact) mass is 334 g/mol. The van der Waals surface area contributed by atoms with E-state index >= 15 is 0 Å². The fourth-order valence-corrected chi connectivity index (χ4v) is 2.12. The molecule has 0 radical (unpaired) electrons. The summed E-state index contributed by atoms with van der Waals surface area (Å²) in [6.45, 7) is 8.14. The topological polar surface area (TPSA) is 56.7 Å². The first kappa shape index (κ1) is 19.7. The summed E-state index contributed by atoms with van der Waals surface area (Å²) in [5.41, 5.74) is 0.0509. The Morgan fingerprint density at radius 1 is 1.38 bits per heavy atom. The number of amides is 1. The highest BCUT2D eigenvalue weighted by Gasteiger charge is 2.10. The molecule has 1 aromatic rings. The van der Waals surface area contributed by atoms with E-state index in [1.807, 2.05) is 24.9 Å². The van der Waals surface area contributed by atoms with Crippen LogP contribution in [0.2, 0.25) is 0 Å². The molecule has 0 fully saturated rings. The number of hydrogen-bond donors (Lipinski definition) is 2. The Bertz CT molecular complexity index is 560. The lowest BCUT2D eigenvalue weighted by atomic mass is 10.2. The van der Waals surface area contributed by atoms with E-state index in [1.54, 1.807) is 12.1 Å². The van der Waals surface area contributed by atoms with Gasteiger partial charge in [-0.05, 0) is 31.9 Å². The molecule has 2 N–H and O–H groups in total. The number of hydrogen-bond acceptors (Lipinski definition) is 2. The zero-order chi connectivity index (χ0) is 17.8. The van der Waals surface area contributed by atoms with Crippen LogP contribution in [0.4, 0.5) is 4.39 Å². The van der Waals surface area contributed by atoms with Crippen LogP contribution in [0.5, 0.6) is 0 Å². The molecule has 24 heavy (non-hydrogen) atoms. The van der Waals surface area contributed by atoms with Crippen molar-refractivity contribution in [3.8, 4) is 0 Å². The molecule has 0 aliphatic heterocycles. The van der Waals surface area contributed by atoms with Crippen molar-refractivity contribution in [2.75, 3.05) is 33.2 Å². The minimum Gasteiger partial charge on any atom is -0.357 e. The van der Waals surface area contributed by atoms with Gasteiger partial charge in [-0.3, -0.25) is 9.79 Å². The normalized spacial score (nSPS) is 11.0. The van der Waals surface area contributed by atoms with E-state index in [0.29, 0.717) is 13.1 Å². The van der Waals surface area contributed by atoms with Crippen LogP contribution >= 0.6 is 0 Å². The quantitative estimate of drug-likeness (QED) is 0.316. The van der Waals surface area contributed by atoms with Gasteiger partial charge in [-0.2, -0.15) is 0 Å². The lowest BCUT2D eigenvalue weighted by molar-refractivity contribution is 0.0951. The second-order valence-corrected chi connectivity index (χ2v) is 5.32. The minimum atomic E-state index is -0.520. The molecule has 0 heterocycles. The highest BCUT2D eigenvalue weighted by Crippen LogP contribution is 2.05. The number of unbranched alkanes of at least 4 members (excludes halogenated alkanes) is 1. The first-order valence-corrected chi connectivity index (χ1v) is 8.23. The van der Waals surface area contributed by atoms with Gasteiger partial charge in [0, 0.05) is 26.7 Å². The molecule has 0 bridgehead atoms. The molecule has 0 aliphatic rings. The molecule has 1 aromatic carbocycles. The zero-order valence-corrected chi connectivity index (χ0v) is 14.5. The number of carbonyl (C=O) groups excluding carboxylic acids is 1. The number of nitrogens with zero attached hydrogens (tertiary/aromatic N) is 2. The first-order chi connectivity index (χ1) is 11.6. The maximum Gasteiger partial charge on any atom is 0.254 e. The van der Waals surface area contributed by atoms with Crippen LogP contribution in [0.3, 0.4) is 0 Å². The molecule has 0 spiro atoms. The predicted molar refractivity (Wildman–Crippen MR) is 96.8 cm³/mol. The first-order valence-electron chi connectivity index (χ1n) is 8.23. The summed E-state index contributed by atoms with van der Waals surface area (Å²) in [5, 5.41) is 5.90. The highest BCUT2D eigenvalue weighted by atomic mass is 19.1. The van der Waals surface area contributed by atoms with Crippen LogP contribution < -0.4 is 10.6 Å². The summed E-state index contributed by atoms with van der Waals surface area (Å²) in [5.74, 6) is -0.150. The summed E-state index contributed by atoms with van der Waals surface area (Å²) < 4.78 is 13.5. The molecule has 0 aliphatic carbocycles. The number of carbonyl (C=O) groups is 1. The van der Waals surface area contributed by atoms with Gasteiger partial charge >= 0.3 is 0 Å². The maximum absolute atomic E-state index is 13.5. The van der Waals surface area contributed by atoms with E-state index in [9.17, 15) is 9.18 Å². The van der Waals surface area contributed by atoms with Crippen LogP contribution in [0.15, 0.2) is 41.9 Å². The van der Waals surface area contributed by atoms with Crippen molar-refractivity contribution in [2.24, 2.45) is 4.99 Å². The van der Waals surface area contributed by atoms with Gasteiger partial charge in [0.2, 0.25) is 0 Å². The zero-order valence-electron chi connectivity index (χ0n) is 14.5. The molecule has 0 unspecified atom stereocenters. The average Bonchev–Trinajstić information content (AvgIpc) is 2.58. The Balaban J connectivity index is 2.48. The lowest BCUT2D eigenvalue weighted by Crippen LogP contribution is -2.40. The fraction of sp³-hybridized carbons (Fsp3) is 0.444. The molecule has 0 aromatic heterocycles. The Labute approximate surface area is 143 Å². The molecular formula is C18H27FN4O. The van der Waals surface area contributed by atoms with E-state index in [2.05, 4.69) is 22.2 Å². The van der Waals surface area contributed by atoms with Crippen LogP contribution in [0.1, 0.15) is 30.1 Å². The van der Waals surface area contributed by atoms with Gasteiger partial charge in [-0.25, -0.2) is 4.39 Å². The summed E-state index contributed by atoms with van der Waals surface area (Å²) in [7, 11) is 1.97. The van der Waals surface area contributed by atoms with Crippen molar-refractivity contribution in [3.63, 3.8) is 0 Å². The van der Waals surface area contributed by atoms with E-state index < -0.39 is 11.7 Å². The molecule has 0 saturated carbocycles. The summed E-state index contributed by atoms with van der Waals surface area (Å²) in [6, 6.07) is 5.93. The number of aliphatic imine (C=N–C) groups is 1. The standard InChI is InChI=1S/C18H27FN4O/c1-4-6-9-14-23(3)18(20-5-2)22-13-12-21-17(24)15-10-7-8-11-16(15)19/h4,7-8,10-11H,1,5-6,9,12-14H2,2-3H3,(H,20,22)(H,21,24). The number of benzene rings is 1. The highest BCUT2D eigenvalue weighted by molar-refractivity contribution is 5.94. The second kappa shape index (κ2) is 11.2. The molecular weight excluding hydrogens is 307 g/mol. The van der Waals surface area contributed by atoms with Crippen LogP contribution in [0.25, 0.3) is 0 Å². The van der Waals surface area contributed by atoms with Gasteiger partial charge in [0.1, 0.15) is 5.82 Å². The maximum atomic E-state index is 13.5. The Morgan fingerprint density at radius 2 is 2.12 bits per heavy atom. The molecule has 6 heteroatoms. The van der Waals surface area contributed by atoms with Crippen LogP contribution in [-0.2, 0) is 0 Å². The predicted octanol–water partition coefficient (Wildman–Crippen LogP) is 2.42. The number of halogens is 1. The largest absolute Gasteiger partial charge is 0.357 e. The lowest BCUT2D eigenvalue weighted by Gasteiger charge is -2.21. The summed E-state index contributed by atoms with van der Waals surface area (Å²) in [6.07, 6.45) is 3.87. The third-order valence-corrected chi connectivity index (χ3v) is 3.38. The summed E-state index contributed by atoms with van der Waals surface area (Å²) >= 11 is 0. The van der Waals surface area contributed by atoms with Crippen molar-refractivity contribution < 1.29 is 9.18 Å². The van der Waals surface area contributed by atoms with E-state index in [4.69, 9.17) is 0 Å². The third kappa shape index (κ3) is 6.81. The smallest absolute Gasteiger partial charge is 0.254 e. The number of rotatable bonds is 9. The number of allylic oxidation sites excluding steroid dienone is 1. The van der Waals surface area contributed by atoms with Gasteiger partial charge in [0.25, 0.3) is 5.91 Å².